The van der Waals surface area contributed by atoms with Crippen molar-refractivity contribution in [3.63, 3.8) is 0 Å². The third kappa shape index (κ3) is 6.23. The fraction of sp³-hybridized carbons (Fsp3) is 0. The van der Waals surface area contributed by atoms with Crippen molar-refractivity contribution in [2.75, 3.05) is 0 Å². The normalized spacial score (nSPS) is 11.8. The highest BCUT2D eigenvalue weighted by molar-refractivity contribution is 6.17. The van der Waals surface area contributed by atoms with Crippen molar-refractivity contribution in [2.45, 2.75) is 0 Å². The summed E-state index contributed by atoms with van der Waals surface area (Å²) in [5.41, 5.74) is 15.1. The first kappa shape index (κ1) is 38.8. The van der Waals surface area contributed by atoms with Gasteiger partial charge in [-0.25, -0.2) is 4.98 Å². The van der Waals surface area contributed by atoms with Crippen LogP contribution < -0.4 is 0 Å². The predicted octanol–water partition coefficient (Wildman–Crippen LogP) is 16.3. The average molecular weight is 882 g/mol. The Hall–Kier alpha value is -9.39. The Kier molecular flexibility index (Phi) is 8.79. The number of benzene rings is 10. The van der Waals surface area contributed by atoms with Gasteiger partial charge in [-0.05, 0) is 53.1 Å². The second kappa shape index (κ2) is 15.6. The number of fused-ring (bicyclic) bond motifs is 9. The molecule has 0 aliphatic heterocycles. The van der Waals surface area contributed by atoms with E-state index in [4.69, 9.17) is 19.4 Å². The highest BCUT2D eigenvalue weighted by atomic mass is 16.3. The van der Waals surface area contributed by atoms with Gasteiger partial charge in [-0.3, -0.25) is 4.57 Å². The smallest absolute Gasteiger partial charge is 0.238 e. The highest BCUT2D eigenvalue weighted by Gasteiger charge is 2.24. The third-order valence-electron chi connectivity index (χ3n) is 13.6. The van der Waals surface area contributed by atoms with Gasteiger partial charge in [0, 0.05) is 60.1 Å². The Bertz CT molecular complexity index is 4260. The molecule has 0 saturated carbocycles. The van der Waals surface area contributed by atoms with Crippen LogP contribution in [0.15, 0.2) is 241 Å². The molecule has 0 aliphatic carbocycles. The van der Waals surface area contributed by atoms with Crippen LogP contribution in [-0.2, 0) is 0 Å². The van der Waals surface area contributed by atoms with Crippen molar-refractivity contribution in [2.24, 2.45) is 0 Å². The van der Waals surface area contributed by atoms with E-state index in [0.717, 1.165) is 105 Å². The second-order valence-electron chi connectivity index (χ2n) is 17.5. The molecule has 0 aliphatic rings. The van der Waals surface area contributed by atoms with Gasteiger partial charge in [0.05, 0.1) is 27.8 Å². The largest absolute Gasteiger partial charge is 0.455 e. The van der Waals surface area contributed by atoms with Crippen molar-refractivity contribution in [3.8, 4) is 67.8 Å². The Labute approximate surface area is 396 Å². The van der Waals surface area contributed by atoms with Gasteiger partial charge in [0.2, 0.25) is 5.95 Å². The van der Waals surface area contributed by atoms with Crippen LogP contribution in [0, 0.1) is 0 Å². The lowest BCUT2D eigenvalue weighted by atomic mass is 9.99. The molecule has 0 amide bonds. The first-order valence-corrected chi connectivity index (χ1v) is 23.3. The molecule has 4 heterocycles. The summed E-state index contributed by atoms with van der Waals surface area (Å²) in [5.74, 6) is 1.65. The lowest BCUT2D eigenvalue weighted by molar-refractivity contribution is 0.670. The number of para-hydroxylation sites is 6. The Morgan fingerprint density at radius 2 is 0.812 bits per heavy atom. The van der Waals surface area contributed by atoms with Crippen LogP contribution in [0.3, 0.4) is 0 Å². The van der Waals surface area contributed by atoms with Gasteiger partial charge in [0.1, 0.15) is 11.2 Å². The number of hydrogen-bond donors (Lipinski definition) is 0. The van der Waals surface area contributed by atoms with E-state index in [2.05, 4.69) is 228 Å². The van der Waals surface area contributed by atoms with Crippen LogP contribution in [0.2, 0.25) is 0 Å². The number of nitrogens with zero attached hydrogens (tertiary/aromatic N) is 5. The Morgan fingerprint density at radius 1 is 0.304 bits per heavy atom. The second-order valence-corrected chi connectivity index (χ2v) is 17.5. The fourth-order valence-electron chi connectivity index (χ4n) is 10.5. The third-order valence-corrected chi connectivity index (χ3v) is 13.6. The molecule has 0 atom stereocenters. The summed E-state index contributed by atoms with van der Waals surface area (Å²) in [6.07, 6.45) is 0. The van der Waals surface area contributed by atoms with Crippen LogP contribution in [0.5, 0.6) is 0 Å². The zero-order valence-corrected chi connectivity index (χ0v) is 37.2. The van der Waals surface area contributed by atoms with Crippen molar-refractivity contribution in [1.82, 2.24) is 24.1 Å². The molecule has 322 valence electrons. The lowest BCUT2D eigenvalue weighted by Crippen LogP contribution is -2.07. The first-order valence-electron chi connectivity index (χ1n) is 23.3. The number of hydrogen-bond acceptors (Lipinski definition) is 4. The van der Waals surface area contributed by atoms with E-state index in [0.29, 0.717) is 17.6 Å². The van der Waals surface area contributed by atoms with Crippen molar-refractivity contribution < 1.29 is 4.42 Å². The van der Waals surface area contributed by atoms with E-state index >= 15 is 0 Å². The summed E-state index contributed by atoms with van der Waals surface area (Å²) in [4.78, 5) is 16.4. The average Bonchev–Trinajstić information content (AvgIpc) is 4.09. The first-order chi connectivity index (χ1) is 34.2. The summed E-state index contributed by atoms with van der Waals surface area (Å²) >= 11 is 0. The summed E-state index contributed by atoms with van der Waals surface area (Å²) < 4.78 is 11.3. The maximum absolute atomic E-state index is 6.69. The molecule has 6 nitrogen and oxygen atoms in total. The monoisotopic (exact) mass is 881 g/mol. The number of furan rings is 1. The van der Waals surface area contributed by atoms with Crippen LogP contribution in [-0.4, -0.2) is 24.1 Å². The van der Waals surface area contributed by atoms with Crippen LogP contribution in [0.1, 0.15) is 0 Å². The minimum absolute atomic E-state index is 0.515. The Morgan fingerprint density at radius 3 is 1.52 bits per heavy atom. The topological polar surface area (TPSA) is 61.7 Å². The van der Waals surface area contributed by atoms with Gasteiger partial charge in [-0.2, -0.15) is 9.97 Å². The van der Waals surface area contributed by atoms with Crippen LogP contribution in [0.4, 0.5) is 0 Å². The van der Waals surface area contributed by atoms with E-state index in [-0.39, 0.29) is 0 Å². The van der Waals surface area contributed by atoms with Crippen molar-refractivity contribution >= 4 is 65.6 Å². The zero-order valence-electron chi connectivity index (χ0n) is 37.2. The fourth-order valence-corrected chi connectivity index (χ4v) is 10.5. The molecule has 0 spiro atoms. The summed E-state index contributed by atoms with van der Waals surface area (Å²) in [6, 6.07) is 83.2. The summed E-state index contributed by atoms with van der Waals surface area (Å²) in [6.45, 7) is 0. The van der Waals surface area contributed by atoms with E-state index < -0.39 is 0 Å². The minimum atomic E-state index is 0.515. The van der Waals surface area contributed by atoms with Gasteiger partial charge in [0.15, 0.2) is 11.6 Å². The van der Waals surface area contributed by atoms with E-state index in [1.165, 1.54) is 10.8 Å². The maximum Gasteiger partial charge on any atom is 0.238 e. The van der Waals surface area contributed by atoms with E-state index in [1.807, 2.05) is 18.2 Å². The van der Waals surface area contributed by atoms with Crippen molar-refractivity contribution in [3.05, 3.63) is 237 Å². The van der Waals surface area contributed by atoms with Gasteiger partial charge in [-0.1, -0.05) is 200 Å². The zero-order chi connectivity index (χ0) is 45.4. The van der Waals surface area contributed by atoms with Crippen LogP contribution >= 0.6 is 0 Å². The summed E-state index contributed by atoms with van der Waals surface area (Å²) in [5, 5.41) is 6.74. The SMILES string of the molecule is c1ccc(-c2cccc(-c3nc(-c4ccc(-c5ccccc5)c(-n5c6ccccc6c6ccccc65)c4)nc(-n4c5ccccc5c5cccc(-c6cccc7c6oc6ccccc67)c54)n3)c2)cc1. The van der Waals surface area contributed by atoms with Gasteiger partial charge >= 0.3 is 0 Å². The quantitative estimate of drug-likeness (QED) is 0.160. The van der Waals surface area contributed by atoms with Gasteiger partial charge in [-0.15, -0.1) is 0 Å². The molecule has 4 aromatic heterocycles. The molecule has 0 N–H and O–H groups in total. The molecule has 0 saturated heterocycles. The molecule has 6 heteroatoms. The molecule has 0 radical (unpaired) electrons. The lowest BCUT2D eigenvalue weighted by Gasteiger charge is -2.17. The molecule has 10 aromatic carbocycles. The van der Waals surface area contributed by atoms with E-state index in [1.54, 1.807) is 0 Å². The maximum atomic E-state index is 6.69. The van der Waals surface area contributed by atoms with Crippen LogP contribution in [0.25, 0.3) is 133 Å². The van der Waals surface area contributed by atoms with Gasteiger partial charge < -0.3 is 8.98 Å². The highest BCUT2D eigenvalue weighted by Crippen LogP contribution is 2.43. The van der Waals surface area contributed by atoms with Gasteiger partial charge in [0.25, 0.3) is 0 Å². The number of aromatic nitrogens is 5. The Balaban J connectivity index is 1.06. The van der Waals surface area contributed by atoms with Crippen molar-refractivity contribution in [1.29, 1.82) is 0 Å². The minimum Gasteiger partial charge on any atom is -0.455 e. The molecule has 0 fully saturated rings. The molecule has 0 bridgehead atoms. The summed E-state index contributed by atoms with van der Waals surface area (Å²) in [7, 11) is 0. The molecule has 69 heavy (non-hydrogen) atoms. The molecular weight excluding hydrogens is 843 g/mol. The standard InChI is InChI=1S/C63H39N5O/c1-3-18-40(19-4-1)42-22-15-23-43(38-42)61-64-62(44-36-37-45(41-20-5-2-6-21-41)57(39-44)67-54-32-11-7-24-46(54)47-25-8-12-33-55(47)67)66-63(65-61)68-56-34-13-9-26-48(56)50-28-16-29-51(59(50)68)53-31-17-30-52-49-27-10-14-35-58(49)69-60(52)53/h1-39H. The molecule has 0 unspecified atom stereocenters. The molecule has 14 rings (SSSR count). The molecule has 14 aromatic rings. The molecular formula is C63H39N5O. The number of rotatable bonds is 7. The van der Waals surface area contributed by atoms with E-state index in [9.17, 15) is 0 Å². The predicted molar refractivity (Wildman–Crippen MR) is 283 cm³/mol.